The van der Waals surface area contributed by atoms with E-state index in [4.69, 9.17) is 0 Å². The van der Waals surface area contributed by atoms with Crippen molar-refractivity contribution in [2.24, 2.45) is 5.92 Å². The summed E-state index contributed by atoms with van der Waals surface area (Å²) in [6, 6.07) is 0. The Morgan fingerprint density at radius 1 is 1.43 bits per heavy atom. The van der Waals surface area contributed by atoms with Crippen LogP contribution in [0.25, 0.3) is 0 Å². The van der Waals surface area contributed by atoms with Gasteiger partial charge in [-0.15, -0.1) is 0 Å². The number of aryl methyl sites for hydroxylation is 2. The predicted molar refractivity (Wildman–Crippen MR) is 55.3 cm³/mol. The minimum absolute atomic E-state index is 0.0914. The van der Waals surface area contributed by atoms with Gasteiger partial charge in [-0.3, -0.25) is 9.78 Å². The Hall–Kier alpha value is -1.25. The molecular formula is C11H16N2O. The number of aromatic nitrogens is 2. The topological polar surface area (TPSA) is 42.9 Å². The van der Waals surface area contributed by atoms with Crippen LogP contribution >= 0.6 is 0 Å². The molecule has 0 aliphatic heterocycles. The highest BCUT2D eigenvalue weighted by atomic mass is 16.1. The molecule has 0 atom stereocenters. The van der Waals surface area contributed by atoms with Gasteiger partial charge >= 0.3 is 0 Å². The molecule has 0 saturated heterocycles. The molecule has 3 heteroatoms. The number of hydrogen-bond acceptors (Lipinski definition) is 3. The number of nitrogens with zero attached hydrogens (tertiary/aromatic N) is 2. The number of ketones is 1. The molecule has 0 fully saturated rings. The summed E-state index contributed by atoms with van der Waals surface area (Å²) in [7, 11) is 0. The fourth-order valence-electron chi connectivity index (χ4n) is 1.27. The minimum atomic E-state index is 0.0914. The molecule has 0 bridgehead atoms. The van der Waals surface area contributed by atoms with Crippen LogP contribution in [0.2, 0.25) is 0 Å². The lowest BCUT2D eigenvalue weighted by Gasteiger charge is -2.05. The lowest BCUT2D eigenvalue weighted by Crippen LogP contribution is -2.10. The molecule has 0 amide bonds. The quantitative estimate of drug-likeness (QED) is 0.690. The van der Waals surface area contributed by atoms with Gasteiger partial charge in [0.2, 0.25) is 0 Å². The Morgan fingerprint density at radius 2 is 2.07 bits per heavy atom. The van der Waals surface area contributed by atoms with E-state index >= 15 is 0 Å². The molecule has 0 spiro atoms. The van der Waals surface area contributed by atoms with E-state index in [9.17, 15) is 4.79 Å². The molecule has 1 rings (SSSR count). The zero-order valence-electron chi connectivity index (χ0n) is 9.16. The van der Waals surface area contributed by atoms with Gasteiger partial charge in [-0.05, 0) is 19.8 Å². The van der Waals surface area contributed by atoms with Crippen molar-refractivity contribution in [2.75, 3.05) is 0 Å². The molecule has 0 unspecified atom stereocenters. The summed E-state index contributed by atoms with van der Waals surface area (Å²) >= 11 is 0. The van der Waals surface area contributed by atoms with E-state index in [0.29, 0.717) is 18.0 Å². The van der Waals surface area contributed by atoms with Crippen molar-refractivity contribution in [3.8, 4) is 0 Å². The van der Waals surface area contributed by atoms with E-state index in [1.165, 1.54) is 0 Å². The highest BCUT2D eigenvalue weighted by Gasteiger charge is 2.13. The number of carbonyl (C=O) groups is 1. The average molecular weight is 192 g/mol. The first-order valence-electron chi connectivity index (χ1n) is 4.84. The molecule has 0 saturated carbocycles. The first kappa shape index (κ1) is 10.8. The highest BCUT2D eigenvalue weighted by Crippen LogP contribution is 2.10. The van der Waals surface area contributed by atoms with Crippen LogP contribution in [0.4, 0.5) is 0 Å². The third-order valence-corrected chi connectivity index (χ3v) is 1.93. The molecule has 14 heavy (non-hydrogen) atoms. The summed E-state index contributed by atoms with van der Waals surface area (Å²) in [5.41, 5.74) is 2.04. The van der Waals surface area contributed by atoms with Crippen molar-refractivity contribution in [1.29, 1.82) is 0 Å². The summed E-state index contributed by atoms with van der Waals surface area (Å²) in [6.07, 6.45) is 2.22. The van der Waals surface area contributed by atoms with Crippen LogP contribution in [-0.4, -0.2) is 15.8 Å². The van der Waals surface area contributed by atoms with Crippen molar-refractivity contribution < 1.29 is 4.79 Å². The lowest BCUT2D eigenvalue weighted by atomic mass is 10.0. The molecule has 1 aromatic rings. The zero-order valence-corrected chi connectivity index (χ0v) is 9.16. The van der Waals surface area contributed by atoms with Gasteiger partial charge in [0.05, 0.1) is 11.4 Å². The van der Waals surface area contributed by atoms with Crippen LogP contribution in [0.3, 0.4) is 0 Å². The average Bonchev–Trinajstić information content (AvgIpc) is 2.08. The molecule has 0 aliphatic rings. The number of hydrogen-bond donors (Lipinski definition) is 0. The maximum Gasteiger partial charge on any atom is 0.183 e. The van der Waals surface area contributed by atoms with E-state index in [0.717, 1.165) is 11.4 Å². The second-order valence-electron chi connectivity index (χ2n) is 3.97. The fourth-order valence-corrected chi connectivity index (χ4v) is 1.27. The van der Waals surface area contributed by atoms with E-state index in [1.807, 2.05) is 27.7 Å². The molecule has 0 aromatic carbocycles. The summed E-state index contributed by atoms with van der Waals surface area (Å²) in [5, 5.41) is 0. The molecule has 1 heterocycles. The van der Waals surface area contributed by atoms with Gasteiger partial charge in [0.1, 0.15) is 5.69 Å². The van der Waals surface area contributed by atoms with Crippen LogP contribution in [0.1, 0.15) is 42.1 Å². The van der Waals surface area contributed by atoms with Gasteiger partial charge in [-0.25, -0.2) is 4.98 Å². The molecule has 1 aromatic heterocycles. The molecule has 0 N–H and O–H groups in total. The summed E-state index contributed by atoms with van der Waals surface area (Å²) in [6.45, 7) is 7.71. The third kappa shape index (κ3) is 2.62. The number of carbonyl (C=O) groups excluding carboxylic acids is 1. The number of Topliss-reactive ketones (excluding diaryl/α,β-unsaturated/α-hetero) is 1. The minimum Gasteiger partial charge on any atom is -0.292 e. The van der Waals surface area contributed by atoms with E-state index < -0.39 is 0 Å². The maximum absolute atomic E-state index is 11.7. The normalized spacial score (nSPS) is 10.6. The first-order chi connectivity index (χ1) is 6.50. The monoisotopic (exact) mass is 192 g/mol. The Bertz CT molecular complexity index is 345. The van der Waals surface area contributed by atoms with Crippen LogP contribution in [0, 0.1) is 19.8 Å². The third-order valence-electron chi connectivity index (χ3n) is 1.93. The van der Waals surface area contributed by atoms with Crippen molar-refractivity contribution in [3.05, 3.63) is 23.3 Å². The Balaban J connectivity index is 2.94. The zero-order chi connectivity index (χ0) is 10.7. The van der Waals surface area contributed by atoms with E-state index in [2.05, 4.69) is 9.97 Å². The number of rotatable bonds is 3. The Labute approximate surface area is 84.6 Å². The largest absolute Gasteiger partial charge is 0.292 e. The molecule has 76 valence electrons. The van der Waals surface area contributed by atoms with E-state index in [1.54, 1.807) is 6.20 Å². The summed E-state index contributed by atoms with van der Waals surface area (Å²) in [4.78, 5) is 20.1. The first-order valence-corrected chi connectivity index (χ1v) is 4.84. The lowest BCUT2D eigenvalue weighted by molar-refractivity contribution is 0.0961. The van der Waals surface area contributed by atoms with Crippen LogP contribution < -0.4 is 0 Å². The fraction of sp³-hybridized carbons (Fsp3) is 0.545. The molecule has 0 radical (unpaired) electrons. The Kier molecular flexibility index (Phi) is 3.33. The van der Waals surface area contributed by atoms with Crippen LogP contribution in [-0.2, 0) is 0 Å². The van der Waals surface area contributed by atoms with Gasteiger partial charge < -0.3 is 0 Å². The SMILES string of the molecule is Cc1cnc(C)c(C(=O)CC(C)C)n1. The predicted octanol–water partition coefficient (Wildman–Crippen LogP) is 2.32. The molecule has 3 nitrogen and oxygen atoms in total. The van der Waals surface area contributed by atoms with Crippen LogP contribution in [0.5, 0.6) is 0 Å². The van der Waals surface area contributed by atoms with Gasteiger partial charge in [0.15, 0.2) is 5.78 Å². The van der Waals surface area contributed by atoms with Gasteiger partial charge in [-0.2, -0.15) is 0 Å². The maximum atomic E-state index is 11.7. The van der Waals surface area contributed by atoms with Crippen molar-refractivity contribution >= 4 is 5.78 Å². The highest BCUT2D eigenvalue weighted by molar-refractivity contribution is 5.95. The standard InChI is InChI=1S/C11H16N2O/c1-7(2)5-10(14)11-9(4)12-6-8(3)13-11/h6-7H,5H2,1-4H3. The Morgan fingerprint density at radius 3 is 2.64 bits per heavy atom. The van der Waals surface area contributed by atoms with Crippen molar-refractivity contribution in [2.45, 2.75) is 34.1 Å². The second kappa shape index (κ2) is 4.31. The summed E-state index contributed by atoms with van der Waals surface area (Å²) in [5.74, 6) is 0.456. The van der Waals surface area contributed by atoms with Gasteiger partial charge in [0, 0.05) is 12.6 Å². The van der Waals surface area contributed by atoms with Crippen molar-refractivity contribution in [3.63, 3.8) is 0 Å². The summed E-state index contributed by atoms with van der Waals surface area (Å²) < 4.78 is 0. The van der Waals surface area contributed by atoms with Gasteiger partial charge in [-0.1, -0.05) is 13.8 Å². The molecular weight excluding hydrogens is 176 g/mol. The van der Waals surface area contributed by atoms with E-state index in [-0.39, 0.29) is 5.78 Å². The second-order valence-corrected chi connectivity index (χ2v) is 3.97. The molecule has 0 aliphatic carbocycles. The van der Waals surface area contributed by atoms with Gasteiger partial charge in [0.25, 0.3) is 0 Å². The smallest absolute Gasteiger partial charge is 0.183 e. The van der Waals surface area contributed by atoms with Crippen LogP contribution in [0.15, 0.2) is 6.20 Å². The van der Waals surface area contributed by atoms with Crippen molar-refractivity contribution in [1.82, 2.24) is 9.97 Å².